The number of aliphatic hydroxyl groups is 2. The third-order valence-electron chi connectivity index (χ3n) is 17.3. The minimum absolute atomic E-state index is 0.00357. The number of methoxy groups -OCH3 is 3. The van der Waals surface area contributed by atoms with Gasteiger partial charge in [0, 0.05) is 59.5 Å². The van der Waals surface area contributed by atoms with E-state index in [-0.39, 0.29) is 61.5 Å². The molecule has 0 spiro atoms. The van der Waals surface area contributed by atoms with Gasteiger partial charge < -0.3 is 87.2 Å². The summed E-state index contributed by atoms with van der Waals surface area (Å²) in [7, 11) is 6.63. The fraction of sp³-hybridized carbons (Fsp3) is 0.439. The van der Waals surface area contributed by atoms with Crippen LogP contribution in [0.4, 0.5) is 0 Å². The number of phenolic OH excluding ortho intramolecular Hbond substituents is 1. The molecule has 0 radical (unpaired) electrons. The van der Waals surface area contributed by atoms with Crippen molar-refractivity contribution >= 4 is 55.5 Å². The highest BCUT2D eigenvalue weighted by molar-refractivity contribution is 6.31. The van der Waals surface area contributed by atoms with Crippen molar-refractivity contribution < 1.29 is 77.0 Å². The van der Waals surface area contributed by atoms with E-state index >= 15 is 0 Å². The van der Waals surface area contributed by atoms with Gasteiger partial charge in [-0.3, -0.25) is 9.59 Å². The predicted octanol–water partition coefficient (Wildman–Crippen LogP) is 5.69. The molecule has 4 saturated heterocycles. The van der Waals surface area contributed by atoms with Crippen molar-refractivity contribution in [1.82, 2.24) is 19.8 Å². The van der Waals surface area contributed by atoms with Crippen LogP contribution in [0.25, 0.3) is 43.6 Å². The number of fused-ring (bicyclic) bond motifs is 17. The van der Waals surface area contributed by atoms with E-state index in [4.69, 9.17) is 52.1 Å². The summed E-state index contributed by atoms with van der Waals surface area (Å²) in [6, 6.07) is 23.9. The molecule has 2 bridgehead atoms. The van der Waals surface area contributed by atoms with Gasteiger partial charge in [-0.05, 0) is 79.5 Å². The van der Waals surface area contributed by atoms with E-state index in [0.717, 1.165) is 61.2 Å². The third kappa shape index (κ3) is 6.89. The van der Waals surface area contributed by atoms with E-state index in [2.05, 4.69) is 75.2 Å². The summed E-state index contributed by atoms with van der Waals surface area (Å²) in [4.78, 5) is 26.7. The predicted molar refractivity (Wildman–Crippen MR) is 274 cm³/mol. The van der Waals surface area contributed by atoms with Crippen molar-refractivity contribution in [3.63, 3.8) is 0 Å². The Morgan fingerprint density at radius 2 is 1.53 bits per heavy atom. The number of rotatable bonds is 7. The normalized spacial score (nSPS) is 32.3. The van der Waals surface area contributed by atoms with Crippen molar-refractivity contribution in [2.24, 2.45) is 11.8 Å². The lowest BCUT2D eigenvalue weighted by atomic mass is 9.66. The second kappa shape index (κ2) is 17.9. The second-order valence-electron chi connectivity index (χ2n) is 21.1. The molecule has 4 fully saturated rings. The Hall–Kier alpha value is -6.72. The lowest BCUT2D eigenvalue weighted by molar-refractivity contribution is -0.364. The molecule has 5 N–H and O–H groups in total. The Bertz CT molecular complexity index is 3570. The summed E-state index contributed by atoms with van der Waals surface area (Å²) in [6.45, 7) is 4.61. The van der Waals surface area contributed by atoms with Gasteiger partial charge >= 0.3 is 5.97 Å². The lowest BCUT2D eigenvalue weighted by Gasteiger charge is -2.48. The Morgan fingerprint density at radius 3 is 2.25 bits per heavy atom. The van der Waals surface area contributed by atoms with Crippen molar-refractivity contribution in [2.75, 3.05) is 48.4 Å². The first kappa shape index (κ1) is 48.6. The highest BCUT2D eigenvalue weighted by Gasteiger charge is 2.57. The number of nitrogens with zero attached hydrogens (tertiary/aromatic N) is 2. The summed E-state index contributed by atoms with van der Waals surface area (Å²) in [5.74, 6) is -1.02. The Kier molecular flexibility index (Phi) is 11.3. The van der Waals surface area contributed by atoms with Crippen LogP contribution in [0.2, 0.25) is 0 Å². The summed E-state index contributed by atoms with van der Waals surface area (Å²) >= 11 is 0. The van der Waals surface area contributed by atoms with E-state index in [1.54, 1.807) is 38.3 Å². The van der Waals surface area contributed by atoms with Gasteiger partial charge in [-0.25, -0.2) is 0 Å². The minimum atomic E-state index is -1.44. The number of aromatic nitrogens is 2. The van der Waals surface area contributed by atoms with Crippen LogP contribution in [0.15, 0.2) is 72.8 Å². The maximum absolute atomic E-state index is 13.4. The SMILES string of the molecule is CN[C@H]1C[C@@H]2O[C@](C)([C@H]1OC)n1c3ccccc3c3c4c(c5c6ccccc6n2c5c31)C(=O)NC4.COc1cc([C@@H]2c3cc4c(cc3C(O[C@@H]3O[C@@H]5CO[C@@H](C)O[C@H]5[C@H](O)[C@H]3O)C3COC(=O)[C@@H]32)OCO4)cc(OC)c1O. The number of aliphatic hydroxyl groups excluding tert-OH is 2. The van der Waals surface area contributed by atoms with Crippen molar-refractivity contribution in [2.45, 2.75) is 99.9 Å². The van der Waals surface area contributed by atoms with Gasteiger partial charge in [0.15, 0.2) is 41.3 Å². The smallest absolute Gasteiger partial charge is 0.310 e. The number of nitrogens with one attached hydrogen (secondary N) is 2. The number of para-hydroxylation sites is 2. The molecule has 14 atom stereocenters. The minimum Gasteiger partial charge on any atom is -0.502 e. The fourth-order valence-corrected chi connectivity index (χ4v) is 14.1. The average Bonchev–Trinajstić information content (AvgIpc) is 4.32. The summed E-state index contributed by atoms with van der Waals surface area (Å²) < 4.78 is 69.5. The lowest BCUT2D eigenvalue weighted by Crippen LogP contribution is -2.63. The number of hydrogen-bond acceptors (Lipinski definition) is 17. The molecule has 7 aromatic rings. The number of carbonyl (C=O) groups excluding carboxylic acids is 2. The van der Waals surface area contributed by atoms with Gasteiger partial charge in [0.05, 0.1) is 67.1 Å². The molecule has 2 unspecified atom stereocenters. The first-order chi connectivity index (χ1) is 37.4. The van der Waals surface area contributed by atoms with Crippen LogP contribution in [0.5, 0.6) is 28.7 Å². The molecular weight excluding hydrogens is 997 g/mol. The van der Waals surface area contributed by atoms with Crippen LogP contribution in [-0.2, 0) is 50.2 Å². The first-order valence-corrected chi connectivity index (χ1v) is 26.0. The van der Waals surface area contributed by atoms with Crippen LogP contribution in [0.3, 0.4) is 0 Å². The van der Waals surface area contributed by atoms with Gasteiger partial charge in [-0.1, -0.05) is 36.4 Å². The molecule has 0 saturated carbocycles. The van der Waals surface area contributed by atoms with Crippen LogP contribution < -0.4 is 29.6 Å². The van der Waals surface area contributed by atoms with E-state index in [1.165, 1.54) is 14.2 Å². The quantitative estimate of drug-likeness (QED) is 0.121. The Balaban J connectivity index is 0.000000142. The number of benzene rings is 5. The van der Waals surface area contributed by atoms with Gasteiger partial charge in [-0.15, -0.1) is 0 Å². The largest absolute Gasteiger partial charge is 0.502 e. The molecule has 9 heterocycles. The summed E-state index contributed by atoms with van der Waals surface area (Å²) in [5, 5.41) is 43.5. The Morgan fingerprint density at radius 1 is 0.831 bits per heavy atom. The molecule has 20 nitrogen and oxygen atoms in total. The number of amides is 1. The zero-order valence-electron chi connectivity index (χ0n) is 43.0. The van der Waals surface area contributed by atoms with Crippen LogP contribution in [0, 0.1) is 11.8 Å². The maximum Gasteiger partial charge on any atom is 0.310 e. The number of ether oxygens (including phenoxy) is 11. The molecule has 5 aromatic carbocycles. The third-order valence-corrected chi connectivity index (χ3v) is 17.3. The molecule has 1 aliphatic carbocycles. The monoisotopic (exact) mass is 1050 g/mol. The van der Waals surface area contributed by atoms with E-state index < -0.39 is 72.5 Å². The number of hydrogen-bond donors (Lipinski definition) is 5. The van der Waals surface area contributed by atoms with E-state index in [9.17, 15) is 24.9 Å². The molecule has 7 aliphatic heterocycles. The molecule has 8 aliphatic rings. The summed E-state index contributed by atoms with van der Waals surface area (Å²) in [6.07, 6.45) is -6.46. The molecule has 402 valence electrons. The van der Waals surface area contributed by atoms with Crippen molar-refractivity contribution in [3.8, 4) is 28.7 Å². The number of likely N-dealkylation sites (N-methyl/N-ethyl adjacent to an activating group) is 1. The van der Waals surface area contributed by atoms with Crippen molar-refractivity contribution in [1.29, 1.82) is 0 Å². The summed E-state index contributed by atoms with van der Waals surface area (Å²) in [5.41, 5.74) is 7.52. The van der Waals surface area contributed by atoms with Crippen molar-refractivity contribution in [3.05, 3.63) is 101 Å². The van der Waals surface area contributed by atoms with Crippen LogP contribution in [-0.4, -0.2) is 134 Å². The zero-order valence-corrected chi connectivity index (χ0v) is 43.0. The number of esters is 1. The van der Waals surface area contributed by atoms with Gasteiger partial charge in [0.1, 0.15) is 36.7 Å². The topological polar surface area (TPSA) is 230 Å². The molecule has 2 aromatic heterocycles. The van der Waals surface area contributed by atoms with Crippen LogP contribution >= 0.6 is 0 Å². The van der Waals surface area contributed by atoms with Gasteiger partial charge in [0.2, 0.25) is 12.5 Å². The van der Waals surface area contributed by atoms with E-state index in [1.807, 2.05) is 7.05 Å². The number of aromatic hydroxyl groups is 1. The average molecular weight is 1060 g/mol. The van der Waals surface area contributed by atoms with E-state index in [0.29, 0.717) is 34.7 Å². The molecule has 1 amide bonds. The molecule has 77 heavy (non-hydrogen) atoms. The number of carbonyl (C=O) groups is 2. The van der Waals surface area contributed by atoms with Gasteiger partial charge in [0.25, 0.3) is 5.91 Å². The molecule has 15 rings (SSSR count). The number of cyclic esters (lactones) is 1. The Labute approximate surface area is 440 Å². The first-order valence-electron chi connectivity index (χ1n) is 26.0. The van der Waals surface area contributed by atoms with Crippen LogP contribution in [0.1, 0.15) is 71.1 Å². The highest BCUT2D eigenvalue weighted by atomic mass is 16.8. The number of phenols is 1. The molecular formula is C57H58N4O16. The fourth-order valence-electron chi connectivity index (χ4n) is 14.1. The van der Waals surface area contributed by atoms with Gasteiger partial charge in [-0.2, -0.15) is 0 Å². The maximum atomic E-state index is 13.4. The zero-order chi connectivity index (χ0) is 52.9. The second-order valence-corrected chi connectivity index (χ2v) is 21.1. The highest BCUT2D eigenvalue weighted by Crippen LogP contribution is 2.58. The standard InChI is InChI=1S/C29H32O13.C28H26N4O3/c1-11-36-9-20-27(40-11)24(31)25(32)29(41-20)42-26-14-7-17-16(38-10-39-17)6-13(14)21(22-15(26)8-37-28(22)33)12-4-18(34-2)23(30)19(5-12)35-3;1-28-26(34-3)17(29-2)12-20(35-28)31-18-10-6-4-8-14(18)22-23-16(13-30-27(23)33)21-15-9-5-7-11-19(15)32(28)25(21)24(22)31/h4-7,11,15,20-22,24-27,29-32H,8-10H2,1-3H3;4-11,17,20,26,29H,12-13H2,1-3H3,(H,30,33)/t11-,15?,20-,21-,22+,24-,25-,26?,27-,29+;17-,20-,26-,28+/m10/s1. The molecule has 20 heteroatoms.